The van der Waals surface area contributed by atoms with Crippen LogP contribution in [0.1, 0.15) is 132 Å². The number of carbonyl (C=O) groups is 17. The standard InChI is InChI=1S/C77H122N28O19/c78-25-10-6-19-48(66(113)95-50(21-8-12-27-80)68(115)102-55(32-43-37-91-47-18-5-4-17-45(43)47)71(118)96-49(20-7-11-26-79)67(114)100-53(76(123)124)22-9-13-28-81)97-72(119)56(33-44-38-89-41-93-44)94-63(110)39-92-65(112)52(24-29-82)99-75(122)59(40-106)105-69(116)51(23-14-30-90-77(87)88)98-73(120)57(35-61(85)108)104-74(121)58(36-62(86)109)103-70(117)54(31-42-15-2-1-3-16-42)101-64(111)46(83)34-60(84)107/h1-5,15-18,37-38,41,46,48-59,91,106H,6-14,19-36,39-40,78-83H2,(H2,84,107)(H2,85,108)(H2,86,109)(H,89,93)(H,92,112)(H,94,110)(H,95,113)(H,96,118)(H,97,119)(H,98,120)(H,99,122)(H,100,114)(H,101,111)(H,102,115)(H,103,117)(H,104,121)(H,105,116)(H,123,124)(H4,87,88,90)/t46-,48-,49-,50-,51-,52-,53-,54-,55-,56-,57-,58-,59-/m0/s1. The van der Waals surface area contributed by atoms with E-state index < -0.39 is 217 Å². The number of aromatic amines is 2. The Morgan fingerprint density at radius 3 is 1.22 bits per heavy atom. The average molecular weight is 1740 g/mol. The predicted molar refractivity (Wildman–Crippen MR) is 449 cm³/mol. The lowest BCUT2D eigenvalue weighted by Gasteiger charge is -2.28. The summed E-state index contributed by atoms with van der Waals surface area (Å²) in [6.45, 7) is -1.60. The van der Waals surface area contributed by atoms with Crippen molar-refractivity contribution >= 4 is 117 Å². The van der Waals surface area contributed by atoms with Gasteiger partial charge in [-0.15, -0.1) is 0 Å². The lowest BCUT2D eigenvalue weighted by molar-refractivity contribution is -0.142. The number of benzene rings is 2. The van der Waals surface area contributed by atoms with Crippen molar-refractivity contribution in [3.8, 4) is 0 Å². The number of aromatic nitrogens is 3. The molecule has 13 atom stereocenters. The molecule has 16 amide bonds. The summed E-state index contributed by atoms with van der Waals surface area (Å²) in [6, 6.07) is -5.63. The number of fused-ring (bicyclic) bond motifs is 1. The van der Waals surface area contributed by atoms with Crippen LogP contribution in [-0.4, -0.2) is 263 Å². The molecule has 0 bridgehead atoms. The summed E-state index contributed by atoms with van der Waals surface area (Å²) in [5.74, 6) is -18.8. The molecule has 0 aliphatic rings. The number of hydrogen-bond donors (Lipinski definition) is 29. The number of guanidine groups is 1. The van der Waals surface area contributed by atoms with Gasteiger partial charge in [0, 0.05) is 49.1 Å². The first kappa shape index (κ1) is 104. The quantitative estimate of drug-likeness (QED) is 0.0111. The Morgan fingerprint density at radius 2 is 0.774 bits per heavy atom. The summed E-state index contributed by atoms with van der Waals surface area (Å²) >= 11 is 0. The molecule has 2 heterocycles. The molecule has 0 radical (unpaired) electrons. The molecule has 39 N–H and O–H groups in total. The van der Waals surface area contributed by atoms with E-state index in [2.05, 4.69) is 89.4 Å². The fourth-order valence-corrected chi connectivity index (χ4v) is 12.7. The van der Waals surface area contributed by atoms with Crippen molar-refractivity contribution in [3.05, 3.63) is 90.1 Å². The highest BCUT2D eigenvalue weighted by atomic mass is 16.4. The van der Waals surface area contributed by atoms with Gasteiger partial charge in [0.2, 0.25) is 94.5 Å². The van der Waals surface area contributed by atoms with Crippen LogP contribution in [-0.2, 0) is 101 Å². The largest absolute Gasteiger partial charge is 0.480 e. The van der Waals surface area contributed by atoms with Crippen molar-refractivity contribution in [1.82, 2.24) is 89.4 Å². The van der Waals surface area contributed by atoms with Gasteiger partial charge < -0.3 is 152 Å². The molecule has 2 aromatic carbocycles. The van der Waals surface area contributed by atoms with E-state index >= 15 is 0 Å². The molecule has 0 unspecified atom stereocenters. The number of nitrogens with one attached hydrogen (secondary N) is 17. The molecular formula is C77H122N28O19. The van der Waals surface area contributed by atoms with Gasteiger partial charge in [0.25, 0.3) is 0 Å². The predicted octanol–water partition coefficient (Wildman–Crippen LogP) is -9.99. The number of nitrogens with zero attached hydrogens (tertiary/aromatic N) is 1. The fourth-order valence-electron chi connectivity index (χ4n) is 12.7. The molecule has 4 aromatic rings. The maximum absolute atomic E-state index is 14.9. The number of hydrogen-bond acceptors (Lipinski definition) is 26. The van der Waals surface area contributed by atoms with Crippen LogP contribution in [0.25, 0.3) is 10.9 Å². The van der Waals surface area contributed by atoms with Gasteiger partial charge >= 0.3 is 5.97 Å². The summed E-state index contributed by atoms with van der Waals surface area (Å²) in [5.41, 5.74) is 58.4. The topological polar surface area (TPSA) is 828 Å². The number of carboxylic acid groups (broad SMARTS) is 1. The van der Waals surface area contributed by atoms with Crippen LogP contribution >= 0.6 is 0 Å². The van der Waals surface area contributed by atoms with E-state index in [1.54, 1.807) is 60.8 Å². The Morgan fingerprint density at radius 1 is 0.387 bits per heavy atom. The van der Waals surface area contributed by atoms with E-state index in [0.717, 1.165) is 0 Å². The van der Waals surface area contributed by atoms with Crippen molar-refractivity contribution in [2.75, 3.05) is 52.4 Å². The van der Waals surface area contributed by atoms with Crippen molar-refractivity contribution in [3.63, 3.8) is 0 Å². The first-order valence-corrected chi connectivity index (χ1v) is 40.7. The van der Waals surface area contributed by atoms with Crippen LogP contribution in [0.5, 0.6) is 0 Å². The number of aliphatic hydroxyl groups excluding tert-OH is 1. The lowest BCUT2D eigenvalue weighted by Crippen LogP contribution is -2.61. The first-order chi connectivity index (χ1) is 59.1. The van der Waals surface area contributed by atoms with Crippen molar-refractivity contribution in [2.45, 2.75) is 213 Å². The summed E-state index contributed by atoms with van der Waals surface area (Å²) in [6.07, 6.45) is 3.07. The third-order valence-corrected chi connectivity index (χ3v) is 19.3. The molecule has 47 nitrogen and oxygen atoms in total. The molecule has 2 aromatic heterocycles. The van der Waals surface area contributed by atoms with Crippen LogP contribution < -0.4 is 132 Å². The number of unbranched alkanes of at least 4 members (excludes halogenated alkanes) is 4. The van der Waals surface area contributed by atoms with Gasteiger partial charge in [-0.3, -0.25) is 82.1 Å². The molecule has 124 heavy (non-hydrogen) atoms. The summed E-state index contributed by atoms with van der Waals surface area (Å²) in [7, 11) is 0. The minimum atomic E-state index is -2.01. The minimum Gasteiger partial charge on any atom is -0.480 e. The Hall–Kier alpha value is -12.8. The normalized spacial score (nSPS) is 14.2. The number of carbonyl (C=O) groups excluding carboxylic acids is 16. The molecular weight excluding hydrogens is 1620 g/mol. The SMILES string of the molecule is N=C(N)NCCC[C@H](NC(=O)[C@H](CC(N)=O)NC(=O)[C@H](CC(N)=O)NC(=O)[C@H](Cc1ccccc1)NC(=O)[C@@H](N)CC(N)=O)C(=O)N[C@@H](CO)C(=O)N[C@@H](CCN)C(=O)NCC(=O)N[C@@H](Cc1c[nH]cn1)C(=O)N[C@@H](CCCCN)C(=O)N[C@@H](CCCCN)C(=O)N[C@@H](Cc1c[nH]c2ccccc12)C(=O)N[C@@H](CCCCN)C(=O)N[C@@H](CCCCN)C(=O)O. The number of para-hydroxylation sites is 1. The number of aliphatic hydroxyl groups is 1. The zero-order valence-corrected chi connectivity index (χ0v) is 69.0. The van der Waals surface area contributed by atoms with Gasteiger partial charge in [-0.05, 0) is 146 Å². The number of H-pyrrole nitrogens is 2. The van der Waals surface area contributed by atoms with Crippen LogP contribution in [0, 0.1) is 5.41 Å². The molecule has 0 fully saturated rings. The third-order valence-electron chi connectivity index (χ3n) is 19.3. The van der Waals surface area contributed by atoms with E-state index in [1.165, 1.54) is 12.5 Å². The van der Waals surface area contributed by atoms with Crippen LogP contribution in [0.15, 0.2) is 73.3 Å². The molecule has 684 valence electrons. The molecule has 0 saturated heterocycles. The van der Waals surface area contributed by atoms with Crippen molar-refractivity contribution in [1.29, 1.82) is 5.41 Å². The van der Waals surface area contributed by atoms with Gasteiger partial charge in [-0.1, -0.05) is 48.5 Å². The highest BCUT2D eigenvalue weighted by molar-refractivity contribution is 6.02. The molecule has 0 aliphatic heterocycles. The maximum Gasteiger partial charge on any atom is 0.326 e. The minimum absolute atomic E-state index is 0.0319. The number of rotatable bonds is 62. The third kappa shape index (κ3) is 38.1. The number of aliphatic carboxylic acids is 1. The highest BCUT2D eigenvalue weighted by Crippen LogP contribution is 2.21. The maximum atomic E-state index is 14.9. The van der Waals surface area contributed by atoms with Gasteiger partial charge in [-0.25, -0.2) is 9.78 Å². The van der Waals surface area contributed by atoms with Gasteiger partial charge in [-0.2, -0.15) is 0 Å². The van der Waals surface area contributed by atoms with E-state index in [4.69, 9.17) is 62.7 Å². The highest BCUT2D eigenvalue weighted by Gasteiger charge is 2.38. The van der Waals surface area contributed by atoms with Gasteiger partial charge in [0.15, 0.2) is 5.96 Å². The number of primary amides is 3. The number of carboxylic acids is 1. The molecule has 4 rings (SSSR count). The van der Waals surface area contributed by atoms with Crippen molar-refractivity contribution < 1.29 is 91.7 Å². The Kier molecular flexibility index (Phi) is 46.7. The van der Waals surface area contributed by atoms with Gasteiger partial charge in [0.1, 0.15) is 72.5 Å². The average Bonchev–Trinajstić information content (AvgIpc) is 1.67. The molecule has 0 spiro atoms. The zero-order valence-electron chi connectivity index (χ0n) is 69.0. The fraction of sp³-hybridized carbons (Fsp3) is 0.545. The second kappa shape index (κ2) is 56.0. The summed E-state index contributed by atoms with van der Waals surface area (Å²) in [5, 5.41) is 63.4. The van der Waals surface area contributed by atoms with E-state index in [-0.39, 0.29) is 122 Å². The van der Waals surface area contributed by atoms with Crippen molar-refractivity contribution in [2.24, 2.45) is 57.3 Å². The Bertz CT molecular complexity index is 4200. The van der Waals surface area contributed by atoms with Crippen LogP contribution in [0.2, 0.25) is 0 Å². The lowest BCUT2D eigenvalue weighted by atomic mass is 10.0. The number of amides is 16. The van der Waals surface area contributed by atoms with Crippen LogP contribution in [0.3, 0.4) is 0 Å². The second-order valence-electron chi connectivity index (χ2n) is 29.4. The first-order valence-electron chi connectivity index (χ1n) is 40.7. The smallest absolute Gasteiger partial charge is 0.326 e. The molecule has 47 heteroatoms. The zero-order chi connectivity index (χ0) is 91.8. The summed E-state index contributed by atoms with van der Waals surface area (Å²) < 4.78 is 0. The van der Waals surface area contributed by atoms with Crippen LogP contribution in [0.4, 0.5) is 0 Å². The summed E-state index contributed by atoms with van der Waals surface area (Å²) in [4.78, 5) is 243. The number of imidazole rings is 1. The second-order valence-corrected chi connectivity index (χ2v) is 29.4. The molecule has 0 saturated carbocycles. The van der Waals surface area contributed by atoms with Gasteiger partial charge in [0.05, 0.1) is 50.5 Å². The van der Waals surface area contributed by atoms with E-state index in [9.17, 15) is 91.7 Å². The Labute approximate surface area is 714 Å². The van der Waals surface area contributed by atoms with E-state index in [0.29, 0.717) is 60.6 Å². The Balaban J connectivity index is 1.56. The number of nitrogens with two attached hydrogens (primary N) is 10. The monoisotopic (exact) mass is 1740 g/mol. The van der Waals surface area contributed by atoms with E-state index in [1.807, 2.05) is 0 Å². The molecule has 0 aliphatic carbocycles.